The van der Waals surface area contributed by atoms with E-state index in [0.717, 1.165) is 17.5 Å². The second-order valence-electron chi connectivity index (χ2n) is 6.62. The highest BCUT2D eigenvalue weighted by atomic mass is 28.2. The molecule has 0 spiro atoms. The second kappa shape index (κ2) is 7.61. The zero-order chi connectivity index (χ0) is 17.0. The minimum atomic E-state index is -0.523. The van der Waals surface area contributed by atoms with Crippen LogP contribution in [0.4, 0.5) is 5.69 Å². The van der Waals surface area contributed by atoms with Crippen molar-refractivity contribution in [3.8, 4) is 0 Å². The van der Waals surface area contributed by atoms with Crippen LogP contribution in [0.1, 0.15) is 36.2 Å². The van der Waals surface area contributed by atoms with E-state index in [0.29, 0.717) is 18.8 Å². The molecule has 1 aromatic rings. The Morgan fingerprint density at radius 2 is 1.96 bits per heavy atom. The first-order chi connectivity index (χ1) is 10.9. The van der Waals surface area contributed by atoms with Crippen LogP contribution in [0.5, 0.6) is 0 Å². The number of nitrogen functional groups attached to an aromatic ring is 1. The molecule has 0 bridgehead atoms. The van der Waals surface area contributed by atoms with Gasteiger partial charge in [-0.1, -0.05) is 26.9 Å². The van der Waals surface area contributed by atoms with Gasteiger partial charge in [0.15, 0.2) is 19.5 Å². The average molecular weight is 353 g/mol. The molecule has 0 aliphatic carbocycles. The van der Waals surface area contributed by atoms with Crippen LogP contribution in [-0.4, -0.2) is 43.2 Å². The first kappa shape index (κ1) is 18.2. The van der Waals surface area contributed by atoms with E-state index in [-0.39, 0.29) is 17.6 Å². The molecule has 0 saturated heterocycles. The van der Waals surface area contributed by atoms with Crippen molar-refractivity contribution in [1.29, 1.82) is 0 Å². The molecule has 0 radical (unpaired) electrons. The largest absolute Gasteiger partial charge is 0.400 e. The first-order valence-corrected chi connectivity index (χ1v) is 12.3. The van der Waals surface area contributed by atoms with Gasteiger partial charge in [0.05, 0.1) is 0 Å². The van der Waals surface area contributed by atoms with Gasteiger partial charge in [-0.15, -0.1) is 0 Å². The van der Waals surface area contributed by atoms with E-state index in [1.165, 1.54) is 0 Å². The molecule has 23 heavy (non-hydrogen) atoms. The monoisotopic (exact) mass is 352 g/mol. The van der Waals surface area contributed by atoms with Crippen molar-refractivity contribution in [3.05, 3.63) is 29.3 Å². The Labute approximate surface area is 143 Å². The molecule has 7 heteroatoms. The quantitative estimate of drug-likeness (QED) is 0.435. The lowest BCUT2D eigenvalue weighted by molar-refractivity contribution is -0.0838. The lowest BCUT2D eigenvalue weighted by atomic mass is 9.88. The Kier molecular flexibility index (Phi) is 6.02. The van der Waals surface area contributed by atoms with Crippen LogP contribution in [0.2, 0.25) is 13.1 Å². The molecule has 0 fully saturated rings. The van der Waals surface area contributed by atoms with Crippen molar-refractivity contribution in [2.75, 3.05) is 12.3 Å². The third-order valence-corrected chi connectivity index (χ3v) is 5.58. The van der Waals surface area contributed by atoms with E-state index in [2.05, 4.69) is 26.9 Å². The fraction of sp³-hybridized carbons (Fsp3) is 0.562. The highest BCUT2D eigenvalue weighted by Gasteiger charge is 2.33. The average Bonchev–Trinajstić information content (AvgIpc) is 2.81. The highest BCUT2D eigenvalue weighted by molar-refractivity contribution is 6.26. The zero-order valence-electron chi connectivity index (χ0n) is 14.6. The van der Waals surface area contributed by atoms with E-state index in [4.69, 9.17) is 14.6 Å². The van der Waals surface area contributed by atoms with Crippen LogP contribution < -0.4 is 5.73 Å². The topological polar surface area (TPSA) is 64.8 Å². The number of rotatable bonds is 8. The summed E-state index contributed by atoms with van der Waals surface area (Å²) in [7, 11) is -1.05. The molecule has 2 rings (SSSR count). The highest BCUT2D eigenvalue weighted by Crippen LogP contribution is 2.31. The predicted molar refractivity (Wildman–Crippen MR) is 98.8 cm³/mol. The summed E-state index contributed by atoms with van der Waals surface area (Å²) < 4.78 is 11.8. The summed E-state index contributed by atoms with van der Waals surface area (Å²) >= 11 is 0. The van der Waals surface area contributed by atoms with E-state index >= 15 is 0 Å². The molecular weight excluding hydrogens is 324 g/mol. The van der Waals surface area contributed by atoms with Crippen LogP contribution in [0.15, 0.2) is 18.2 Å². The molecule has 5 nitrogen and oxygen atoms in total. The summed E-state index contributed by atoms with van der Waals surface area (Å²) in [5, 5.41) is 0. The maximum atomic E-state index is 12.5. The Morgan fingerprint density at radius 3 is 2.57 bits per heavy atom. The maximum Gasteiger partial charge on any atom is 0.254 e. The van der Waals surface area contributed by atoms with Gasteiger partial charge in [-0.05, 0) is 30.2 Å². The van der Waals surface area contributed by atoms with E-state index < -0.39 is 19.5 Å². The fourth-order valence-corrected chi connectivity index (χ4v) is 4.82. The number of hydrogen-bond donors (Lipinski definition) is 1. The summed E-state index contributed by atoms with van der Waals surface area (Å²) in [5.41, 5.74) is 8.24. The molecule has 1 heterocycles. The SMILES string of the molecule is C[SiH2]OC(O[SiH2]C)C(C)(C)CCN1Cc2cc(N)ccc2C1=O. The number of amides is 1. The summed E-state index contributed by atoms with van der Waals surface area (Å²) in [4.78, 5) is 14.4. The zero-order valence-corrected chi connectivity index (χ0v) is 17.4. The van der Waals surface area contributed by atoms with Crippen molar-refractivity contribution < 1.29 is 13.6 Å². The van der Waals surface area contributed by atoms with Gasteiger partial charge in [0.2, 0.25) is 0 Å². The van der Waals surface area contributed by atoms with Gasteiger partial charge in [-0.3, -0.25) is 4.79 Å². The number of nitrogens with two attached hydrogens (primary N) is 1. The van der Waals surface area contributed by atoms with Gasteiger partial charge in [0.1, 0.15) is 6.29 Å². The van der Waals surface area contributed by atoms with E-state index in [9.17, 15) is 4.79 Å². The predicted octanol–water partition coefficient (Wildman–Crippen LogP) is 1.26. The molecule has 1 aromatic carbocycles. The third-order valence-electron chi connectivity index (χ3n) is 4.31. The van der Waals surface area contributed by atoms with Gasteiger partial charge in [0, 0.05) is 29.8 Å². The first-order valence-electron chi connectivity index (χ1n) is 8.30. The third kappa shape index (κ3) is 4.23. The number of nitrogens with zero attached hydrogens (tertiary/aromatic N) is 1. The molecule has 128 valence electrons. The van der Waals surface area contributed by atoms with Crippen molar-refractivity contribution in [2.24, 2.45) is 5.41 Å². The van der Waals surface area contributed by atoms with Crippen LogP contribution >= 0.6 is 0 Å². The summed E-state index contributed by atoms with van der Waals surface area (Å²) in [6.07, 6.45) is 0.724. The number of benzene rings is 1. The van der Waals surface area contributed by atoms with Crippen molar-refractivity contribution in [2.45, 2.75) is 46.2 Å². The summed E-state index contributed by atoms with van der Waals surface area (Å²) in [6, 6.07) is 5.52. The maximum absolute atomic E-state index is 12.5. The Morgan fingerprint density at radius 1 is 1.30 bits per heavy atom. The molecule has 1 amide bonds. The van der Waals surface area contributed by atoms with Crippen LogP contribution in [0.3, 0.4) is 0 Å². The molecule has 0 aromatic heterocycles. The molecular formula is C16H28N2O3Si2. The lowest BCUT2D eigenvalue weighted by Crippen LogP contribution is -2.39. The Hall–Kier alpha value is -1.16. The number of fused-ring (bicyclic) bond motifs is 1. The Bertz CT molecular complexity index is 560. The van der Waals surface area contributed by atoms with Gasteiger partial charge in [-0.25, -0.2) is 0 Å². The lowest BCUT2D eigenvalue weighted by Gasteiger charge is -2.35. The summed E-state index contributed by atoms with van der Waals surface area (Å²) in [5.74, 6) is 0.101. The van der Waals surface area contributed by atoms with Crippen LogP contribution in [0.25, 0.3) is 0 Å². The molecule has 1 aliphatic heterocycles. The molecule has 0 unspecified atom stereocenters. The van der Waals surface area contributed by atoms with E-state index in [1.807, 2.05) is 17.0 Å². The number of carbonyl (C=O) groups excluding carboxylic acids is 1. The van der Waals surface area contributed by atoms with Crippen LogP contribution in [-0.2, 0) is 15.4 Å². The summed E-state index contributed by atoms with van der Waals surface area (Å²) in [6.45, 7) is 9.92. The van der Waals surface area contributed by atoms with Crippen LogP contribution in [0, 0.1) is 5.41 Å². The number of anilines is 1. The normalized spacial score (nSPS) is 16.9. The van der Waals surface area contributed by atoms with Gasteiger partial charge < -0.3 is 19.5 Å². The van der Waals surface area contributed by atoms with Gasteiger partial charge in [0.25, 0.3) is 5.91 Å². The van der Waals surface area contributed by atoms with Gasteiger partial charge in [-0.2, -0.15) is 0 Å². The van der Waals surface area contributed by atoms with Crippen molar-refractivity contribution in [3.63, 3.8) is 0 Å². The standard InChI is InChI=1S/C16H28N2O3Si2/c1-16(2,15(20-22-3)21-23-4)7-8-18-10-11-9-12(17)5-6-13(11)14(18)19/h5-6,9,15H,7-8,10,17,22-23H2,1-4H3. The fourth-order valence-electron chi connectivity index (χ4n) is 2.92. The molecule has 2 N–H and O–H groups in total. The number of hydrogen-bond acceptors (Lipinski definition) is 4. The Balaban J connectivity index is 1.99. The van der Waals surface area contributed by atoms with Gasteiger partial charge >= 0.3 is 0 Å². The smallest absolute Gasteiger partial charge is 0.254 e. The number of carbonyl (C=O) groups is 1. The molecule has 1 aliphatic rings. The second-order valence-corrected chi connectivity index (χ2v) is 8.45. The molecule has 0 atom stereocenters. The minimum absolute atomic E-state index is 0.0971. The molecule has 0 saturated carbocycles. The minimum Gasteiger partial charge on any atom is -0.400 e. The van der Waals surface area contributed by atoms with Crippen molar-refractivity contribution >= 4 is 31.1 Å². The van der Waals surface area contributed by atoms with E-state index in [1.54, 1.807) is 6.07 Å². The van der Waals surface area contributed by atoms with Crippen molar-refractivity contribution in [1.82, 2.24) is 4.90 Å².